The van der Waals surface area contributed by atoms with E-state index in [0.717, 1.165) is 10.2 Å². The van der Waals surface area contributed by atoms with Crippen molar-refractivity contribution in [2.24, 2.45) is 0 Å². The van der Waals surface area contributed by atoms with Crippen LogP contribution in [0.25, 0.3) is 0 Å². The first-order chi connectivity index (χ1) is 7.04. The van der Waals surface area contributed by atoms with Crippen LogP contribution in [0.4, 0.5) is 16.2 Å². The van der Waals surface area contributed by atoms with E-state index >= 15 is 0 Å². The highest BCUT2D eigenvalue weighted by atomic mass is 79.9. The highest BCUT2D eigenvalue weighted by molar-refractivity contribution is 9.10. The molecule has 0 aromatic heterocycles. The van der Waals surface area contributed by atoms with Gasteiger partial charge in [0.15, 0.2) is 0 Å². The van der Waals surface area contributed by atoms with Gasteiger partial charge in [-0.1, -0.05) is 0 Å². The maximum absolute atomic E-state index is 11.5. The molecule has 5 heteroatoms. The van der Waals surface area contributed by atoms with Gasteiger partial charge < -0.3 is 16.0 Å². The van der Waals surface area contributed by atoms with Crippen molar-refractivity contribution in [3.05, 3.63) is 22.7 Å². The van der Waals surface area contributed by atoms with Crippen LogP contribution < -0.4 is 11.1 Å². The Kier molecular flexibility index (Phi) is 3.96. The van der Waals surface area contributed by atoms with Crippen LogP contribution in [0.1, 0.15) is 6.92 Å². The number of carbonyl (C=O) groups excluding carboxylic acids is 1. The molecule has 0 aliphatic rings. The first-order valence-electron chi connectivity index (χ1n) is 4.61. The second kappa shape index (κ2) is 5.02. The molecule has 3 N–H and O–H groups in total. The van der Waals surface area contributed by atoms with Crippen LogP contribution in [0.5, 0.6) is 0 Å². The summed E-state index contributed by atoms with van der Waals surface area (Å²) in [6, 6.07) is 5.15. The van der Waals surface area contributed by atoms with E-state index in [1.54, 1.807) is 30.1 Å². The number of carbonyl (C=O) groups is 1. The highest BCUT2D eigenvalue weighted by Crippen LogP contribution is 2.23. The van der Waals surface area contributed by atoms with Crippen LogP contribution in [0.3, 0.4) is 0 Å². The molecule has 0 atom stereocenters. The number of nitrogen functional groups attached to an aromatic ring is 1. The molecule has 1 aromatic rings. The Labute approximate surface area is 97.6 Å². The van der Waals surface area contributed by atoms with E-state index in [2.05, 4.69) is 21.2 Å². The molecule has 0 fully saturated rings. The van der Waals surface area contributed by atoms with E-state index in [9.17, 15) is 4.79 Å². The Balaban J connectivity index is 2.73. The Morgan fingerprint density at radius 1 is 1.60 bits per heavy atom. The number of rotatable bonds is 2. The average Bonchev–Trinajstić information content (AvgIpc) is 2.22. The van der Waals surface area contributed by atoms with Crippen molar-refractivity contribution < 1.29 is 4.79 Å². The van der Waals surface area contributed by atoms with Gasteiger partial charge in [-0.05, 0) is 41.1 Å². The maximum atomic E-state index is 11.5. The van der Waals surface area contributed by atoms with Crippen molar-refractivity contribution >= 4 is 33.3 Å². The van der Waals surface area contributed by atoms with E-state index < -0.39 is 0 Å². The fourth-order valence-electron chi connectivity index (χ4n) is 0.967. The fourth-order valence-corrected chi connectivity index (χ4v) is 1.35. The summed E-state index contributed by atoms with van der Waals surface area (Å²) < 4.78 is 0.777. The van der Waals surface area contributed by atoms with Crippen LogP contribution in [-0.2, 0) is 0 Å². The van der Waals surface area contributed by atoms with Crippen LogP contribution in [0.2, 0.25) is 0 Å². The molecule has 0 spiro atoms. The van der Waals surface area contributed by atoms with Crippen LogP contribution in [0.15, 0.2) is 22.7 Å². The number of nitrogens with zero attached hydrogens (tertiary/aromatic N) is 1. The topological polar surface area (TPSA) is 58.4 Å². The minimum atomic E-state index is -0.130. The van der Waals surface area contributed by atoms with Gasteiger partial charge in [0.25, 0.3) is 0 Å². The van der Waals surface area contributed by atoms with Gasteiger partial charge >= 0.3 is 6.03 Å². The number of benzene rings is 1. The van der Waals surface area contributed by atoms with Gasteiger partial charge in [0.05, 0.1) is 0 Å². The largest absolute Gasteiger partial charge is 0.398 e. The van der Waals surface area contributed by atoms with Crippen molar-refractivity contribution in [1.29, 1.82) is 0 Å². The van der Waals surface area contributed by atoms with E-state index in [0.29, 0.717) is 12.2 Å². The van der Waals surface area contributed by atoms with Gasteiger partial charge in [0.1, 0.15) is 0 Å². The SMILES string of the molecule is CCN(C)C(=O)Nc1ccc(N)c(Br)c1. The first-order valence-corrected chi connectivity index (χ1v) is 5.41. The van der Waals surface area contributed by atoms with Gasteiger partial charge in [0, 0.05) is 29.4 Å². The second-order valence-electron chi connectivity index (χ2n) is 3.18. The molecule has 15 heavy (non-hydrogen) atoms. The molecule has 0 aliphatic heterocycles. The molecule has 2 amide bonds. The van der Waals surface area contributed by atoms with Crippen molar-refractivity contribution in [2.45, 2.75) is 6.92 Å². The van der Waals surface area contributed by atoms with Crippen LogP contribution >= 0.6 is 15.9 Å². The molecule has 0 aliphatic carbocycles. The minimum absolute atomic E-state index is 0.130. The smallest absolute Gasteiger partial charge is 0.321 e. The van der Waals surface area contributed by atoms with Gasteiger partial charge in [-0.15, -0.1) is 0 Å². The van der Waals surface area contributed by atoms with Crippen molar-refractivity contribution in [2.75, 3.05) is 24.6 Å². The third kappa shape index (κ3) is 3.13. The van der Waals surface area contributed by atoms with Crippen LogP contribution in [-0.4, -0.2) is 24.5 Å². The molecule has 0 unspecified atom stereocenters. The van der Waals surface area contributed by atoms with Crippen molar-refractivity contribution in [3.8, 4) is 0 Å². The number of nitrogens with two attached hydrogens (primary N) is 1. The summed E-state index contributed by atoms with van der Waals surface area (Å²) in [5.41, 5.74) is 7.01. The summed E-state index contributed by atoms with van der Waals surface area (Å²) in [5.74, 6) is 0. The molecular formula is C10H14BrN3O. The monoisotopic (exact) mass is 271 g/mol. The Bertz CT molecular complexity index is 368. The molecule has 1 aromatic carbocycles. The third-order valence-corrected chi connectivity index (χ3v) is 2.76. The number of hydrogen-bond acceptors (Lipinski definition) is 2. The second-order valence-corrected chi connectivity index (χ2v) is 4.03. The quantitative estimate of drug-likeness (QED) is 0.813. The lowest BCUT2D eigenvalue weighted by molar-refractivity contribution is 0.224. The van der Waals surface area contributed by atoms with Gasteiger partial charge in [-0.25, -0.2) is 4.79 Å². The molecule has 0 saturated heterocycles. The Hall–Kier alpha value is -1.23. The maximum Gasteiger partial charge on any atom is 0.321 e. The van der Waals surface area contributed by atoms with Crippen molar-refractivity contribution in [1.82, 2.24) is 4.90 Å². The number of anilines is 2. The third-order valence-electron chi connectivity index (χ3n) is 2.07. The predicted molar refractivity (Wildman–Crippen MR) is 65.9 cm³/mol. The normalized spacial score (nSPS) is 9.80. The standard InChI is InChI=1S/C10H14BrN3O/c1-3-14(2)10(15)13-7-4-5-9(12)8(11)6-7/h4-6H,3,12H2,1-2H3,(H,13,15). The lowest BCUT2D eigenvalue weighted by Gasteiger charge is -2.15. The average molecular weight is 272 g/mol. The number of nitrogens with one attached hydrogen (secondary N) is 1. The Morgan fingerprint density at radius 2 is 2.27 bits per heavy atom. The zero-order valence-corrected chi connectivity index (χ0v) is 10.3. The van der Waals surface area contributed by atoms with Crippen LogP contribution in [0, 0.1) is 0 Å². The molecule has 0 radical (unpaired) electrons. The van der Waals surface area contributed by atoms with Crippen molar-refractivity contribution in [3.63, 3.8) is 0 Å². The van der Waals surface area contributed by atoms with E-state index in [4.69, 9.17) is 5.73 Å². The lowest BCUT2D eigenvalue weighted by atomic mass is 10.3. The summed E-state index contributed by atoms with van der Waals surface area (Å²) in [6.45, 7) is 2.58. The van der Waals surface area contributed by atoms with E-state index in [1.165, 1.54) is 0 Å². The number of amides is 2. The summed E-state index contributed by atoms with van der Waals surface area (Å²) in [6.07, 6.45) is 0. The molecular weight excluding hydrogens is 258 g/mol. The highest BCUT2D eigenvalue weighted by Gasteiger charge is 2.06. The zero-order valence-electron chi connectivity index (χ0n) is 8.75. The summed E-state index contributed by atoms with van der Waals surface area (Å²) >= 11 is 3.30. The molecule has 1 rings (SSSR count). The fraction of sp³-hybridized carbons (Fsp3) is 0.300. The number of hydrogen-bond donors (Lipinski definition) is 2. The summed E-state index contributed by atoms with van der Waals surface area (Å²) in [5, 5.41) is 2.76. The Morgan fingerprint density at radius 3 is 2.80 bits per heavy atom. The summed E-state index contributed by atoms with van der Waals surface area (Å²) in [7, 11) is 1.74. The molecule has 4 nitrogen and oxygen atoms in total. The molecule has 0 heterocycles. The predicted octanol–water partition coefficient (Wildman–Crippen LogP) is 2.51. The first kappa shape index (κ1) is 11.8. The lowest BCUT2D eigenvalue weighted by Crippen LogP contribution is -2.30. The van der Waals surface area contributed by atoms with Gasteiger partial charge in [-0.3, -0.25) is 0 Å². The number of halogens is 1. The molecule has 82 valence electrons. The molecule has 0 saturated carbocycles. The van der Waals surface area contributed by atoms with Gasteiger partial charge in [0.2, 0.25) is 0 Å². The van der Waals surface area contributed by atoms with E-state index in [-0.39, 0.29) is 6.03 Å². The zero-order chi connectivity index (χ0) is 11.4. The van der Waals surface area contributed by atoms with E-state index in [1.807, 2.05) is 6.92 Å². The number of urea groups is 1. The molecule has 0 bridgehead atoms. The minimum Gasteiger partial charge on any atom is -0.398 e. The summed E-state index contributed by atoms with van der Waals surface area (Å²) in [4.78, 5) is 13.1. The van der Waals surface area contributed by atoms with Gasteiger partial charge in [-0.2, -0.15) is 0 Å².